The topological polar surface area (TPSA) is 46.2 Å². The van der Waals surface area contributed by atoms with E-state index in [9.17, 15) is 9.59 Å². The molecular formula is C15H16NO2S. The van der Waals surface area contributed by atoms with Crippen LogP contribution in [0.5, 0.6) is 0 Å². The van der Waals surface area contributed by atoms with Crippen LogP contribution in [0.3, 0.4) is 0 Å². The third-order valence-corrected chi connectivity index (χ3v) is 3.91. The lowest BCUT2D eigenvalue weighted by Gasteiger charge is -2.11. The maximum Gasteiger partial charge on any atom is 0.251 e. The largest absolute Gasteiger partial charge is 0.342 e. The molecular weight excluding hydrogens is 258 g/mol. The molecule has 1 aromatic heterocycles. The van der Waals surface area contributed by atoms with Crippen LogP contribution in [-0.2, 0) is 4.79 Å². The lowest BCUT2D eigenvalue weighted by atomic mass is 10.1. The fourth-order valence-electron chi connectivity index (χ4n) is 1.92. The van der Waals surface area contributed by atoms with E-state index < -0.39 is 6.04 Å². The van der Waals surface area contributed by atoms with Gasteiger partial charge in [0, 0.05) is 10.3 Å². The van der Waals surface area contributed by atoms with E-state index in [0.29, 0.717) is 12.0 Å². The Morgan fingerprint density at radius 2 is 2.26 bits per heavy atom. The Bertz CT molecular complexity index is 576. The Balaban J connectivity index is 2.07. The highest BCUT2D eigenvalue weighted by Gasteiger charge is 2.13. The Hall–Kier alpha value is -1.68. The van der Waals surface area contributed by atoms with Crippen LogP contribution >= 0.6 is 11.3 Å². The van der Waals surface area contributed by atoms with Gasteiger partial charge < -0.3 is 5.32 Å². The van der Waals surface area contributed by atoms with Crippen molar-refractivity contribution in [2.24, 2.45) is 0 Å². The van der Waals surface area contributed by atoms with Crippen LogP contribution < -0.4 is 5.32 Å². The molecule has 1 N–H and O–H groups in total. The molecule has 2 rings (SSSR count). The molecule has 2 aromatic rings. The van der Waals surface area contributed by atoms with Gasteiger partial charge in [0.2, 0.25) is 6.29 Å². The van der Waals surface area contributed by atoms with E-state index in [0.717, 1.165) is 22.9 Å². The third kappa shape index (κ3) is 3.41. The van der Waals surface area contributed by atoms with Crippen molar-refractivity contribution in [3.63, 3.8) is 0 Å². The Labute approximate surface area is 116 Å². The van der Waals surface area contributed by atoms with E-state index in [1.54, 1.807) is 17.4 Å². The normalized spacial score (nSPS) is 12.3. The number of carbonyl (C=O) groups excluding carboxylic acids is 2. The molecule has 0 spiro atoms. The van der Waals surface area contributed by atoms with Crippen molar-refractivity contribution in [3.8, 4) is 0 Å². The second kappa shape index (κ2) is 6.48. The first-order valence-electron chi connectivity index (χ1n) is 6.40. The first kappa shape index (κ1) is 13.7. The Morgan fingerprint density at radius 3 is 3.00 bits per heavy atom. The first-order valence-corrected chi connectivity index (χ1v) is 7.28. The molecule has 1 radical (unpaired) electrons. The second-order valence-electron chi connectivity index (χ2n) is 4.46. The predicted octanol–water partition coefficient (Wildman–Crippen LogP) is 3.30. The molecule has 0 aliphatic rings. The van der Waals surface area contributed by atoms with Crippen molar-refractivity contribution in [1.82, 2.24) is 5.32 Å². The highest BCUT2D eigenvalue weighted by atomic mass is 32.1. The average molecular weight is 274 g/mol. The van der Waals surface area contributed by atoms with Crippen LogP contribution in [0.4, 0.5) is 0 Å². The summed E-state index contributed by atoms with van der Waals surface area (Å²) >= 11 is 1.64. The number of carbonyl (C=O) groups is 1. The Morgan fingerprint density at radius 1 is 1.42 bits per heavy atom. The lowest BCUT2D eigenvalue weighted by Crippen LogP contribution is -2.35. The molecule has 0 aliphatic carbocycles. The average Bonchev–Trinajstić information content (AvgIpc) is 2.90. The zero-order valence-corrected chi connectivity index (χ0v) is 11.6. The summed E-state index contributed by atoms with van der Waals surface area (Å²) in [4.78, 5) is 22.9. The fourth-order valence-corrected chi connectivity index (χ4v) is 2.69. The van der Waals surface area contributed by atoms with Crippen molar-refractivity contribution >= 4 is 33.6 Å². The van der Waals surface area contributed by atoms with Gasteiger partial charge in [0.15, 0.2) is 0 Å². The summed E-state index contributed by atoms with van der Waals surface area (Å²) in [5.41, 5.74) is 0.586. The quantitative estimate of drug-likeness (QED) is 0.878. The number of amides is 1. The molecule has 0 saturated heterocycles. The predicted molar refractivity (Wildman–Crippen MR) is 78.3 cm³/mol. The summed E-state index contributed by atoms with van der Waals surface area (Å²) in [6.45, 7) is 2.05. The van der Waals surface area contributed by atoms with E-state index in [-0.39, 0.29) is 5.91 Å². The van der Waals surface area contributed by atoms with Gasteiger partial charge >= 0.3 is 0 Å². The van der Waals surface area contributed by atoms with Gasteiger partial charge in [0.05, 0.1) is 6.04 Å². The highest BCUT2D eigenvalue weighted by Crippen LogP contribution is 2.21. The number of rotatable bonds is 6. The van der Waals surface area contributed by atoms with Gasteiger partial charge in [-0.15, -0.1) is 11.3 Å². The second-order valence-corrected chi connectivity index (χ2v) is 5.41. The number of hydrogen-bond acceptors (Lipinski definition) is 3. The molecule has 1 atom stereocenters. The molecule has 1 aromatic carbocycles. The standard InChI is InChI=1S/C15H16NO2S/c1-2-3-4-13(10-17)16-15(18)12-5-6-14-11(9-12)7-8-19-14/h5-9,13H,2-4H2,1H3,(H,16,18)/t13-/m0/s1. The molecule has 0 unspecified atom stereocenters. The number of thiophene rings is 1. The van der Waals surface area contributed by atoms with E-state index in [2.05, 4.69) is 5.32 Å². The van der Waals surface area contributed by atoms with Gasteiger partial charge in [0.25, 0.3) is 5.91 Å². The molecule has 19 heavy (non-hydrogen) atoms. The minimum atomic E-state index is -0.509. The minimum absolute atomic E-state index is 0.211. The van der Waals surface area contributed by atoms with Crippen LogP contribution in [0.25, 0.3) is 10.1 Å². The van der Waals surface area contributed by atoms with Crippen molar-refractivity contribution < 1.29 is 9.59 Å². The van der Waals surface area contributed by atoms with Gasteiger partial charge in [-0.25, -0.2) is 0 Å². The van der Waals surface area contributed by atoms with Crippen LogP contribution in [0.2, 0.25) is 0 Å². The molecule has 1 amide bonds. The first-order chi connectivity index (χ1) is 9.24. The molecule has 0 aliphatic heterocycles. The summed E-state index contributed by atoms with van der Waals surface area (Å²) in [6.07, 6.45) is 4.44. The fraction of sp³-hybridized carbons (Fsp3) is 0.333. The van der Waals surface area contributed by atoms with Crippen LogP contribution in [0.1, 0.15) is 36.5 Å². The van der Waals surface area contributed by atoms with Crippen LogP contribution in [-0.4, -0.2) is 18.2 Å². The van der Waals surface area contributed by atoms with E-state index in [1.165, 1.54) is 0 Å². The molecule has 0 saturated carbocycles. The maximum absolute atomic E-state index is 12.1. The third-order valence-electron chi connectivity index (χ3n) is 3.01. The zero-order chi connectivity index (χ0) is 13.7. The molecule has 4 heteroatoms. The monoisotopic (exact) mass is 274 g/mol. The number of benzene rings is 1. The SMILES string of the molecule is CCCC[C@@H]([C]=O)NC(=O)c1ccc2sccc2c1. The van der Waals surface area contributed by atoms with Crippen LogP contribution in [0.15, 0.2) is 29.6 Å². The summed E-state index contributed by atoms with van der Waals surface area (Å²) in [5, 5.41) is 5.76. The van der Waals surface area contributed by atoms with Crippen molar-refractivity contribution in [1.29, 1.82) is 0 Å². The minimum Gasteiger partial charge on any atom is -0.342 e. The van der Waals surface area contributed by atoms with Crippen molar-refractivity contribution in [2.75, 3.05) is 0 Å². The molecule has 1 heterocycles. The summed E-state index contributed by atoms with van der Waals surface area (Å²) in [5.74, 6) is -0.211. The molecule has 3 nitrogen and oxygen atoms in total. The van der Waals surface area contributed by atoms with Crippen molar-refractivity contribution in [2.45, 2.75) is 32.2 Å². The number of hydrogen-bond donors (Lipinski definition) is 1. The van der Waals surface area contributed by atoms with Crippen LogP contribution in [0, 0.1) is 0 Å². The van der Waals surface area contributed by atoms with Crippen molar-refractivity contribution in [3.05, 3.63) is 35.2 Å². The smallest absolute Gasteiger partial charge is 0.251 e. The van der Waals surface area contributed by atoms with Gasteiger partial charge in [-0.1, -0.05) is 19.8 Å². The van der Waals surface area contributed by atoms with Gasteiger partial charge in [-0.05, 0) is 41.5 Å². The van der Waals surface area contributed by atoms with E-state index in [1.807, 2.05) is 36.8 Å². The lowest BCUT2D eigenvalue weighted by molar-refractivity contribution is 0.0944. The van der Waals surface area contributed by atoms with E-state index >= 15 is 0 Å². The van der Waals surface area contributed by atoms with Gasteiger partial charge in [-0.3, -0.25) is 9.59 Å². The molecule has 0 bridgehead atoms. The number of fused-ring (bicyclic) bond motifs is 1. The molecule has 0 fully saturated rings. The number of nitrogens with one attached hydrogen (secondary N) is 1. The van der Waals surface area contributed by atoms with Gasteiger partial charge in [-0.2, -0.15) is 0 Å². The molecule has 99 valence electrons. The Kier molecular flexibility index (Phi) is 4.68. The van der Waals surface area contributed by atoms with Gasteiger partial charge in [0.1, 0.15) is 0 Å². The zero-order valence-electron chi connectivity index (χ0n) is 10.8. The summed E-state index contributed by atoms with van der Waals surface area (Å²) in [6, 6.07) is 7.04. The maximum atomic E-state index is 12.1. The van der Waals surface area contributed by atoms with E-state index in [4.69, 9.17) is 0 Å². The highest BCUT2D eigenvalue weighted by molar-refractivity contribution is 7.17. The summed E-state index contributed by atoms with van der Waals surface area (Å²) in [7, 11) is 0. The summed E-state index contributed by atoms with van der Waals surface area (Å²) < 4.78 is 1.15. The number of unbranched alkanes of at least 4 members (excludes halogenated alkanes) is 1.